The lowest BCUT2D eigenvalue weighted by Gasteiger charge is -2.26. The van der Waals surface area contributed by atoms with Crippen LogP contribution in [0.4, 0.5) is 5.13 Å². The maximum Gasteiger partial charge on any atom is 0.185 e. The highest BCUT2D eigenvalue weighted by Gasteiger charge is 2.46. The molecule has 2 atom stereocenters. The topological polar surface area (TPSA) is 62.7 Å². The van der Waals surface area contributed by atoms with Gasteiger partial charge in [-0.3, -0.25) is 4.90 Å². The number of likely N-dealkylation sites (tertiary alicyclic amines) is 1. The van der Waals surface area contributed by atoms with Gasteiger partial charge in [0, 0.05) is 43.8 Å². The third-order valence-electron chi connectivity index (χ3n) is 4.89. The first kappa shape index (κ1) is 14.9. The molecule has 0 saturated carbocycles. The number of thiazole rings is 1. The number of morpholine rings is 1. The van der Waals surface area contributed by atoms with Crippen LogP contribution in [0, 0.1) is 5.92 Å². The summed E-state index contributed by atoms with van der Waals surface area (Å²) in [7, 11) is -2.84. The Kier molecular flexibility index (Phi) is 3.88. The Bertz CT molecular complexity index is 640. The number of hydrogen-bond acceptors (Lipinski definition) is 7. The largest absolute Gasteiger partial charge is 0.378 e. The van der Waals surface area contributed by atoms with Crippen molar-refractivity contribution in [3.63, 3.8) is 0 Å². The Balaban J connectivity index is 1.39. The van der Waals surface area contributed by atoms with Crippen LogP contribution < -0.4 is 4.90 Å². The van der Waals surface area contributed by atoms with Gasteiger partial charge in [0.1, 0.15) is 0 Å². The zero-order chi connectivity index (χ0) is 15.2. The minimum Gasteiger partial charge on any atom is -0.378 e. The third-order valence-corrected chi connectivity index (χ3v) is 8.20. The summed E-state index contributed by atoms with van der Waals surface area (Å²) in [6, 6.07) is 0. The fourth-order valence-electron chi connectivity index (χ4n) is 3.70. The fourth-order valence-corrected chi connectivity index (χ4v) is 6.88. The van der Waals surface area contributed by atoms with Crippen molar-refractivity contribution in [1.29, 1.82) is 0 Å². The van der Waals surface area contributed by atoms with Gasteiger partial charge in [0.2, 0.25) is 0 Å². The molecule has 0 aliphatic carbocycles. The average Bonchev–Trinajstić information content (AvgIpc) is 3.19. The molecule has 3 aliphatic rings. The molecule has 0 aromatic carbocycles. The first-order valence-corrected chi connectivity index (χ1v) is 10.4. The molecule has 3 saturated heterocycles. The Morgan fingerprint density at radius 2 is 2.14 bits per heavy atom. The van der Waals surface area contributed by atoms with E-state index in [1.165, 1.54) is 4.88 Å². The van der Waals surface area contributed by atoms with Gasteiger partial charge < -0.3 is 9.64 Å². The summed E-state index contributed by atoms with van der Waals surface area (Å²) in [5.74, 6) is 0.731. The standard InChI is InChI=1S/C14H21N3O3S2/c18-22(19)6-1-11-8-16(10-13(11)22)9-12-7-15-14(21-12)17-2-4-20-5-3-17/h7,11,13H,1-6,8-10H2/t11-,13+/m0/s1. The van der Waals surface area contributed by atoms with Crippen LogP contribution in [0.1, 0.15) is 11.3 Å². The van der Waals surface area contributed by atoms with E-state index in [1.807, 2.05) is 6.20 Å². The molecule has 122 valence electrons. The van der Waals surface area contributed by atoms with E-state index in [0.29, 0.717) is 18.2 Å². The molecule has 3 aliphatic heterocycles. The number of fused-ring (bicyclic) bond motifs is 1. The van der Waals surface area contributed by atoms with Crippen LogP contribution in [0.25, 0.3) is 0 Å². The number of rotatable bonds is 3. The quantitative estimate of drug-likeness (QED) is 0.801. The van der Waals surface area contributed by atoms with E-state index in [2.05, 4.69) is 14.8 Å². The summed E-state index contributed by atoms with van der Waals surface area (Å²) < 4.78 is 29.4. The lowest BCUT2D eigenvalue weighted by molar-refractivity contribution is 0.122. The minimum absolute atomic E-state index is 0.126. The Labute approximate surface area is 135 Å². The van der Waals surface area contributed by atoms with E-state index < -0.39 is 9.84 Å². The van der Waals surface area contributed by atoms with Crippen molar-refractivity contribution < 1.29 is 13.2 Å². The van der Waals surface area contributed by atoms with E-state index in [9.17, 15) is 8.42 Å². The van der Waals surface area contributed by atoms with Gasteiger partial charge in [0.05, 0.1) is 24.2 Å². The van der Waals surface area contributed by atoms with Crippen molar-refractivity contribution in [3.8, 4) is 0 Å². The number of ether oxygens (including phenoxy) is 1. The van der Waals surface area contributed by atoms with Crippen LogP contribution in [0.15, 0.2) is 6.20 Å². The molecule has 0 spiro atoms. The van der Waals surface area contributed by atoms with Crippen LogP contribution >= 0.6 is 11.3 Å². The fraction of sp³-hybridized carbons (Fsp3) is 0.786. The van der Waals surface area contributed by atoms with Crippen molar-refractivity contribution in [2.45, 2.75) is 18.2 Å². The Morgan fingerprint density at radius 3 is 2.91 bits per heavy atom. The number of anilines is 1. The molecule has 4 heterocycles. The molecule has 0 unspecified atom stereocenters. The molecule has 3 fully saturated rings. The van der Waals surface area contributed by atoms with Gasteiger partial charge in [-0.15, -0.1) is 11.3 Å². The molecule has 0 amide bonds. The van der Waals surface area contributed by atoms with E-state index >= 15 is 0 Å². The second kappa shape index (κ2) is 5.74. The summed E-state index contributed by atoms with van der Waals surface area (Å²) in [6.45, 7) is 5.76. The van der Waals surface area contributed by atoms with Crippen molar-refractivity contribution in [1.82, 2.24) is 9.88 Å². The zero-order valence-corrected chi connectivity index (χ0v) is 14.1. The summed E-state index contributed by atoms with van der Waals surface area (Å²) in [5.41, 5.74) is 0. The lowest BCUT2D eigenvalue weighted by atomic mass is 10.1. The first-order chi connectivity index (χ1) is 10.6. The normalized spacial score (nSPS) is 31.5. The molecule has 0 bridgehead atoms. The van der Waals surface area contributed by atoms with Crippen molar-refractivity contribution in [3.05, 3.63) is 11.1 Å². The molecule has 22 heavy (non-hydrogen) atoms. The second-order valence-electron chi connectivity index (χ2n) is 6.36. The number of aromatic nitrogens is 1. The summed E-state index contributed by atoms with van der Waals surface area (Å²) >= 11 is 1.72. The Hall–Kier alpha value is -0.700. The summed E-state index contributed by atoms with van der Waals surface area (Å²) in [5, 5.41) is 0.935. The Morgan fingerprint density at radius 1 is 1.32 bits per heavy atom. The van der Waals surface area contributed by atoms with E-state index in [1.54, 1.807) is 11.3 Å². The molecule has 0 N–H and O–H groups in total. The molecular formula is C14H21N3O3S2. The molecule has 1 aromatic heterocycles. The highest BCUT2D eigenvalue weighted by Crippen LogP contribution is 2.35. The SMILES string of the molecule is O=S1(=O)CC[C@H]2CN(Cc3cnc(N4CCOCC4)s3)C[C@H]21. The van der Waals surface area contributed by atoms with Gasteiger partial charge in [-0.1, -0.05) is 0 Å². The van der Waals surface area contributed by atoms with Gasteiger partial charge in [-0.05, 0) is 12.3 Å². The summed E-state index contributed by atoms with van der Waals surface area (Å²) in [6.07, 6.45) is 2.78. The lowest BCUT2D eigenvalue weighted by Crippen LogP contribution is -2.36. The molecule has 6 nitrogen and oxygen atoms in total. The van der Waals surface area contributed by atoms with E-state index in [-0.39, 0.29) is 5.25 Å². The van der Waals surface area contributed by atoms with Gasteiger partial charge >= 0.3 is 0 Å². The van der Waals surface area contributed by atoms with E-state index in [4.69, 9.17) is 4.74 Å². The number of nitrogens with zero attached hydrogens (tertiary/aromatic N) is 3. The average molecular weight is 343 g/mol. The van der Waals surface area contributed by atoms with Crippen molar-refractivity contribution in [2.75, 3.05) is 50.0 Å². The monoisotopic (exact) mass is 343 g/mol. The second-order valence-corrected chi connectivity index (χ2v) is 9.79. The smallest absolute Gasteiger partial charge is 0.185 e. The number of sulfone groups is 1. The zero-order valence-electron chi connectivity index (χ0n) is 12.5. The minimum atomic E-state index is -2.84. The summed E-state index contributed by atoms with van der Waals surface area (Å²) in [4.78, 5) is 10.3. The predicted octanol–water partition coefficient (Wildman–Crippen LogP) is 0.599. The van der Waals surface area contributed by atoms with Gasteiger partial charge in [-0.25, -0.2) is 13.4 Å². The molecule has 8 heteroatoms. The first-order valence-electron chi connectivity index (χ1n) is 7.83. The molecule has 1 aromatic rings. The number of hydrogen-bond donors (Lipinski definition) is 0. The van der Waals surface area contributed by atoms with Gasteiger partial charge in [-0.2, -0.15) is 0 Å². The van der Waals surface area contributed by atoms with Crippen molar-refractivity contribution >= 4 is 26.3 Å². The maximum absolute atomic E-state index is 12.0. The van der Waals surface area contributed by atoms with E-state index in [0.717, 1.165) is 50.9 Å². The van der Waals surface area contributed by atoms with Crippen LogP contribution in [-0.4, -0.2) is 68.7 Å². The van der Waals surface area contributed by atoms with Gasteiger partial charge in [0.15, 0.2) is 15.0 Å². The molecule has 4 rings (SSSR count). The van der Waals surface area contributed by atoms with Gasteiger partial charge in [0.25, 0.3) is 0 Å². The molecular weight excluding hydrogens is 322 g/mol. The highest BCUT2D eigenvalue weighted by molar-refractivity contribution is 7.92. The van der Waals surface area contributed by atoms with Crippen LogP contribution in [0.2, 0.25) is 0 Å². The van der Waals surface area contributed by atoms with Crippen LogP contribution in [-0.2, 0) is 21.1 Å². The maximum atomic E-state index is 12.0. The van der Waals surface area contributed by atoms with Crippen LogP contribution in [0.5, 0.6) is 0 Å². The third kappa shape index (κ3) is 2.77. The van der Waals surface area contributed by atoms with Crippen molar-refractivity contribution in [2.24, 2.45) is 5.92 Å². The molecule has 0 radical (unpaired) electrons. The predicted molar refractivity (Wildman–Crippen MR) is 86.1 cm³/mol. The highest BCUT2D eigenvalue weighted by atomic mass is 32.2. The van der Waals surface area contributed by atoms with Crippen LogP contribution in [0.3, 0.4) is 0 Å².